The van der Waals surface area contributed by atoms with Gasteiger partial charge in [-0.3, -0.25) is 4.57 Å². The van der Waals surface area contributed by atoms with Crippen molar-refractivity contribution in [2.24, 2.45) is 5.92 Å². The fraction of sp³-hybridized carbons (Fsp3) is 0.209. The zero-order valence-corrected chi connectivity index (χ0v) is 42.4. The van der Waals surface area contributed by atoms with Crippen LogP contribution in [0.3, 0.4) is 0 Å². The summed E-state index contributed by atoms with van der Waals surface area (Å²) in [5.41, 5.74) is 18.9. The zero-order valence-electron chi connectivity index (χ0n) is 42.4. The van der Waals surface area contributed by atoms with E-state index in [4.69, 9.17) is 9.72 Å². The van der Waals surface area contributed by atoms with E-state index in [9.17, 15) is 0 Å². The molecule has 5 nitrogen and oxygen atoms in total. The molecule has 0 spiro atoms. The third-order valence-electron chi connectivity index (χ3n) is 14.4. The summed E-state index contributed by atoms with van der Waals surface area (Å²) >= 11 is 0. The third kappa shape index (κ3) is 9.64. The maximum Gasteiger partial charge on any atom is 0.137 e. The molecule has 1 aliphatic heterocycles. The molecule has 0 saturated heterocycles. The molecule has 358 valence electrons. The summed E-state index contributed by atoms with van der Waals surface area (Å²) in [6, 6.07) is 73.0. The van der Waals surface area contributed by atoms with Crippen LogP contribution >= 0.6 is 0 Å². The number of ether oxygens (including phenoxy) is 1. The van der Waals surface area contributed by atoms with Crippen LogP contribution in [0.25, 0.3) is 61.0 Å². The maximum atomic E-state index is 6.63. The van der Waals surface area contributed by atoms with Gasteiger partial charge in [-0.15, -0.1) is 0 Å². The number of aromatic nitrogens is 2. The number of hydrogen-bond donors (Lipinski definition) is 0. The lowest BCUT2D eigenvalue weighted by molar-refractivity contribution is 0.306. The Labute approximate surface area is 426 Å². The molecule has 0 radical (unpaired) electrons. The predicted molar refractivity (Wildman–Crippen MR) is 303 cm³/mol. The topological polar surface area (TPSA) is 33.5 Å². The Morgan fingerprint density at radius 2 is 1.25 bits per heavy atom. The van der Waals surface area contributed by atoms with Crippen molar-refractivity contribution in [3.63, 3.8) is 0 Å². The Morgan fingerprint density at radius 3 is 2.00 bits per heavy atom. The number of nitrogens with zero attached hydrogens (tertiary/aromatic N) is 4. The van der Waals surface area contributed by atoms with E-state index in [1.54, 1.807) is 0 Å². The number of benzene rings is 8. The molecule has 10 aromatic rings. The Morgan fingerprint density at radius 1 is 0.569 bits per heavy atom. The van der Waals surface area contributed by atoms with Gasteiger partial charge >= 0.3 is 0 Å². The molecule has 5 heteroatoms. The van der Waals surface area contributed by atoms with E-state index in [-0.39, 0.29) is 5.41 Å². The highest BCUT2D eigenvalue weighted by molar-refractivity contribution is 6.09. The molecule has 1 aliphatic rings. The van der Waals surface area contributed by atoms with Crippen LogP contribution in [0, 0.1) is 5.92 Å². The SMILES string of the molecule is CC(C)Cc1cccc(-c2cc(-c3ccccc3)cc(-c3ccccc3)c2)c1CCCCN1CN(c2cccc(COc3ccc4c5ccccc5n(-c5cc(C(C)(C)C)ccn5)c4c3)c2)c2ccccc21. The first-order valence-electron chi connectivity index (χ1n) is 25.8. The molecule has 2 aromatic heterocycles. The van der Waals surface area contributed by atoms with Crippen molar-refractivity contribution in [1.82, 2.24) is 9.55 Å². The van der Waals surface area contributed by atoms with Crippen molar-refractivity contribution in [1.29, 1.82) is 0 Å². The maximum absolute atomic E-state index is 6.63. The van der Waals surface area contributed by atoms with Crippen LogP contribution in [-0.4, -0.2) is 22.8 Å². The molecular formula is C67H64N4O. The van der Waals surface area contributed by atoms with Gasteiger partial charge in [0.25, 0.3) is 0 Å². The highest BCUT2D eigenvalue weighted by Crippen LogP contribution is 2.42. The van der Waals surface area contributed by atoms with Crippen LogP contribution in [0.1, 0.15) is 69.7 Å². The van der Waals surface area contributed by atoms with E-state index in [0.29, 0.717) is 12.5 Å². The summed E-state index contributed by atoms with van der Waals surface area (Å²) in [7, 11) is 0. The molecule has 0 amide bonds. The summed E-state index contributed by atoms with van der Waals surface area (Å²) < 4.78 is 8.91. The zero-order chi connectivity index (χ0) is 49.2. The molecule has 0 saturated carbocycles. The van der Waals surface area contributed by atoms with Crippen molar-refractivity contribution in [2.75, 3.05) is 23.0 Å². The van der Waals surface area contributed by atoms with Crippen molar-refractivity contribution >= 4 is 38.9 Å². The lowest BCUT2D eigenvalue weighted by Crippen LogP contribution is -2.28. The van der Waals surface area contributed by atoms with Gasteiger partial charge in [0, 0.05) is 35.3 Å². The van der Waals surface area contributed by atoms with E-state index in [2.05, 4.69) is 249 Å². The molecule has 11 rings (SSSR count). The number of pyridine rings is 1. The van der Waals surface area contributed by atoms with Crippen molar-refractivity contribution in [3.05, 3.63) is 229 Å². The molecule has 0 aliphatic carbocycles. The normalized spacial score (nSPS) is 12.6. The molecule has 72 heavy (non-hydrogen) atoms. The molecule has 3 heterocycles. The van der Waals surface area contributed by atoms with Gasteiger partial charge in [-0.25, -0.2) is 4.98 Å². The molecule has 0 fully saturated rings. The quantitative estimate of drug-likeness (QED) is 0.0959. The van der Waals surface area contributed by atoms with E-state index < -0.39 is 0 Å². The van der Waals surface area contributed by atoms with Crippen LogP contribution in [0.4, 0.5) is 17.1 Å². The summed E-state index contributed by atoms with van der Waals surface area (Å²) in [6.07, 6.45) is 6.22. The van der Waals surface area contributed by atoms with Gasteiger partial charge in [-0.2, -0.15) is 0 Å². The average molecular weight is 941 g/mol. The summed E-state index contributed by atoms with van der Waals surface area (Å²) in [5, 5.41) is 2.39. The number of anilines is 3. The first-order chi connectivity index (χ1) is 35.1. The molecule has 0 N–H and O–H groups in total. The first-order valence-corrected chi connectivity index (χ1v) is 25.8. The van der Waals surface area contributed by atoms with Gasteiger partial charge < -0.3 is 14.5 Å². The Hall–Kier alpha value is -7.89. The summed E-state index contributed by atoms with van der Waals surface area (Å²) in [6.45, 7) is 13.7. The second-order valence-electron chi connectivity index (χ2n) is 21.0. The highest BCUT2D eigenvalue weighted by atomic mass is 16.5. The van der Waals surface area contributed by atoms with Crippen LogP contribution in [0.2, 0.25) is 0 Å². The van der Waals surface area contributed by atoms with Gasteiger partial charge in [-0.05, 0) is 165 Å². The third-order valence-corrected chi connectivity index (χ3v) is 14.4. The van der Waals surface area contributed by atoms with Gasteiger partial charge in [0.15, 0.2) is 0 Å². The standard InChI is InChI=1S/C67H64N4O/c1-47(2)38-51-25-19-29-59(54-41-52(49-21-8-6-9-22-49)40-53(42-54)50-23-10-7-11-24-50)58(51)27-16-17-37-69-46-70(64-32-15-14-31-63(64)69)56-26-18-20-48(39-56)45-72-57-33-34-61-60-28-12-13-30-62(60)71(65(61)44-57)66-43-55(35-36-68-66)67(3,4)5/h6-15,18-26,28-36,39-44,47H,16-17,27,37-38,45-46H2,1-5H3. The molecule has 0 bridgehead atoms. The minimum Gasteiger partial charge on any atom is -0.489 e. The van der Waals surface area contributed by atoms with Gasteiger partial charge in [-0.1, -0.05) is 156 Å². The highest BCUT2D eigenvalue weighted by Gasteiger charge is 2.27. The Kier molecular flexibility index (Phi) is 13.0. The van der Waals surface area contributed by atoms with Crippen LogP contribution in [0.5, 0.6) is 5.75 Å². The van der Waals surface area contributed by atoms with E-state index in [1.807, 2.05) is 6.20 Å². The van der Waals surface area contributed by atoms with Crippen molar-refractivity contribution < 1.29 is 4.74 Å². The fourth-order valence-corrected chi connectivity index (χ4v) is 10.8. The second kappa shape index (κ2) is 20.1. The average Bonchev–Trinajstić information content (AvgIpc) is 3.95. The lowest BCUT2D eigenvalue weighted by atomic mass is 9.86. The van der Waals surface area contributed by atoms with E-state index in [1.165, 1.54) is 77.9 Å². The number of rotatable bonds is 15. The molecule has 0 atom stereocenters. The van der Waals surface area contributed by atoms with Gasteiger partial charge in [0.2, 0.25) is 0 Å². The number of unbranched alkanes of at least 4 members (excludes halogenated alkanes) is 1. The largest absolute Gasteiger partial charge is 0.489 e. The monoisotopic (exact) mass is 941 g/mol. The molecular weight excluding hydrogens is 877 g/mol. The van der Waals surface area contributed by atoms with E-state index >= 15 is 0 Å². The van der Waals surface area contributed by atoms with Gasteiger partial charge in [0.1, 0.15) is 18.2 Å². The summed E-state index contributed by atoms with van der Waals surface area (Å²) in [4.78, 5) is 9.91. The van der Waals surface area contributed by atoms with Crippen LogP contribution in [-0.2, 0) is 24.9 Å². The van der Waals surface area contributed by atoms with Crippen LogP contribution < -0.4 is 14.5 Å². The molecule has 0 unspecified atom stereocenters. The van der Waals surface area contributed by atoms with Crippen LogP contribution in [0.15, 0.2) is 206 Å². The first kappa shape index (κ1) is 46.5. The van der Waals surface area contributed by atoms with Crippen molar-refractivity contribution in [3.8, 4) is 44.9 Å². The smallest absolute Gasteiger partial charge is 0.137 e. The van der Waals surface area contributed by atoms with E-state index in [0.717, 1.165) is 67.1 Å². The number of hydrogen-bond acceptors (Lipinski definition) is 4. The van der Waals surface area contributed by atoms with Crippen molar-refractivity contribution in [2.45, 2.75) is 72.3 Å². The second-order valence-corrected chi connectivity index (χ2v) is 21.0. The number of fused-ring (bicyclic) bond motifs is 4. The summed E-state index contributed by atoms with van der Waals surface area (Å²) in [5.74, 6) is 2.31. The predicted octanol–water partition coefficient (Wildman–Crippen LogP) is 17.2. The Bertz CT molecular complexity index is 3450. The van der Waals surface area contributed by atoms with Gasteiger partial charge in [0.05, 0.1) is 29.1 Å². The Balaban J connectivity index is 0.808. The lowest BCUT2D eigenvalue weighted by Gasteiger charge is -2.23. The fourth-order valence-electron chi connectivity index (χ4n) is 10.8. The minimum absolute atomic E-state index is 0.00658. The number of para-hydroxylation sites is 3. The molecule has 8 aromatic carbocycles. The minimum atomic E-state index is 0.00658.